The molecule has 1 amide bonds. The van der Waals surface area contributed by atoms with E-state index in [1.165, 1.54) is 0 Å². The quantitative estimate of drug-likeness (QED) is 0.701. The van der Waals surface area contributed by atoms with Gasteiger partial charge >= 0.3 is 0 Å². The summed E-state index contributed by atoms with van der Waals surface area (Å²) in [6.45, 7) is 11.7. The Bertz CT molecular complexity index is 824. The molecule has 2 heterocycles. The first-order valence-corrected chi connectivity index (χ1v) is 10.7. The number of benzene rings is 1. The Kier molecular flexibility index (Phi) is 7.33. The second kappa shape index (κ2) is 9.74. The van der Waals surface area contributed by atoms with Crippen molar-refractivity contribution in [3.05, 3.63) is 46.2 Å². The molecule has 1 fully saturated rings. The van der Waals surface area contributed by atoms with Gasteiger partial charge in [-0.1, -0.05) is 11.6 Å². The van der Waals surface area contributed by atoms with Gasteiger partial charge in [0.2, 0.25) is 5.91 Å². The Morgan fingerprint density at radius 1 is 1.21 bits per heavy atom. The zero-order chi connectivity index (χ0) is 21.0. The summed E-state index contributed by atoms with van der Waals surface area (Å²) < 4.78 is 7.63. The highest BCUT2D eigenvalue weighted by atomic mass is 35.5. The van der Waals surface area contributed by atoms with Gasteiger partial charge < -0.3 is 10.1 Å². The van der Waals surface area contributed by atoms with Crippen LogP contribution in [0.3, 0.4) is 0 Å². The number of ether oxygens (including phenoxy) is 1. The van der Waals surface area contributed by atoms with Crippen LogP contribution < -0.4 is 5.32 Å². The Balaban J connectivity index is 1.50. The molecule has 2 atom stereocenters. The van der Waals surface area contributed by atoms with E-state index in [1.807, 2.05) is 42.8 Å². The van der Waals surface area contributed by atoms with E-state index in [0.717, 1.165) is 48.7 Å². The van der Waals surface area contributed by atoms with Gasteiger partial charge in [-0.25, -0.2) is 4.68 Å². The van der Waals surface area contributed by atoms with Gasteiger partial charge in [-0.3, -0.25) is 9.69 Å². The van der Waals surface area contributed by atoms with Gasteiger partial charge in [0.25, 0.3) is 0 Å². The average molecular weight is 419 g/mol. The number of carbonyl (C=O) groups excluding carboxylic acids is 1. The van der Waals surface area contributed by atoms with Crippen molar-refractivity contribution in [3.8, 4) is 5.69 Å². The number of nitrogens with one attached hydrogen (secondary N) is 1. The van der Waals surface area contributed by atoms with Crippen molar-refractivity contribution in [1.82, 2.24) is 20.0 Å². The van der Waals surface area contributed by atoms with Gasteiger partial charge in [0.05, 0.1) is 30.0 Å². The van der Waals surface area contributed by atoms with Gasteiger partial charge in [-0.05, 0) is 58.4 Å². The van der Waals surface area contributed by atoms with Crippen molar-refractivity contribution in [1.29, 1.82) is 0 Å². The van der Waals surface area contributed by atoms with Crippen molar-refractivity contribution >= 4 is 17.5 Å². The maximum Gasteiger partial charge on any atom is 0.224 e. The molecule has 158 valence electrons. The summed E-state index contributed by atoms with van der Waals surface area (Å²) in [6, 6.07) is 7.54. The molecule has 1 aliphatic rings. The van der Waals surface area contributed by atoms with Gasteiger partial charge in [0.1, 0.15) is 0 Å². The number of hydrogen-bond donors (Lipinski definition) is 1. The standard InChI is InChI=1S/C22H31ClN4O2/c1-15-13-26(14-16(2)29-15)11-5-10-24-22(28)12-21-17(3)25-27(18(21)4)20-8-6-19(23)7-9-20/h6-9,15-16H,5,10-14H2,1-4H3,(H,24,28). The summed E-state index contributed by atoms with van der Waals surface area (Å²) in [7, 11) is 0. The fraction of sp³-hybridized carbons (Fsp3) is 0.545. The number of rotatable bonds is 7. The number of hydrogen-bond acceptors (Lipinski definition) is 4. The largest absolute Gasteiger partial charge is 0.373 e. The van der Waals surface area contributed by atoms with Crippen molar-refractivity contribution in [2.45, 2.75) is 52.7 Å². The minimum atomic E-state index is 0.0376. The van der Waals surface area contributed by atoms with Crippen LogP contribution in [0.4, 0.5) is 0 Å². The molecule has 1 aromatic carbocycles. The van der Waals surface area contributed by atoms with E-state index >= 15 is 0 Å². The van der Waals surface area contributed by atoms with Crippen LogP contribution in [0.2, 0.25) is 5.02 Å². The monoisotopic (exact) mass is 418 g/mol. The molecule has 6 nitrogen and oxygen atoms in total. The highest BCUT2D eigenvalue weighted by Gasteiger charge is 2.21. The molecule has 2 unspecified atom stereocenters. The highest BCUT2D eigenvalue weighted by molar-refractivity contribution is 6.30. The van der Waals surface area contributed by atoms with E-state index < -0.39 is 0 Å². The van der Waals surface area contributed by atoms with E-state index in [4.69, 9.17) is 16.3 Å². The summed E-state index contributed by atoms with van der Waals surface area (Å²) >= 11 is 5.98. The fourth-order valence-corrected chi connectivity index (χ4v) is 4.11. The molecule has 0 saturated carbocycles. The molecule has 0 spiro atoms. The summed E-state index contributed by atoms with van der Waals surface area (Å²) in [5.74, 6) is 0.0376. The SMILES string of the molecule is Cc1nn(-c2ccc(Cl)cc2)c(C)c1CC(=O)NCCCN1CC(C)OC(C)C1. The number of carbonyl (C=O) groups is 1. The smallest absolute Gasteiger partial charge is 0.224 e. The second-order valence-corrected chi connectivity index (χ2v) is 8.37. The average Bonchev–Trinajstić information content (AvgIpc) is 2.93. The molecule has 1 saturated heterocycles. The number of aryl methyl sites for hydroxylation is 1. The Labute approximate surface area is 178 Å². The topological polar surface area (TPSA) is 59.4 Å². The van der Waals surface area contributed by atoms with Gasteiger partial charge in [0.15, 0.2) is 0 Å². The zero-order valence-electron chi connectivity index (χ0n) is 17.7. The van der Waals surface area contributed by atoms with Crippen LogP contribution in [0.5, 0.6) is 0 Å². The molecule has 0 aliphatic carbocycles. The van der Waals surface area contributed by atoms with Crippen LogP contribution >= 0.6 is 11.6 Å². The Hall–Kier alpha value is -1.89. The lowest BCUT2D eigenvalue weighted by Gasteiger charge is -2.35. The third-order valence-corrected chi connectivity index (χ3v) is 5.57. The molecular weight excluding hydrogens is 388 g/mol. The minimum Gasteiger partial charge on any atom is -0.373 e. The third-order valence-electron chi connectivity index (χ3n) is 5.32. The van der Waals surface area contributed by atoms with Crippen molar-refractivity contribution in [2.75, 3.05) is 26.2 Å². The first-order valence-electron chi connectivity index (χ1n) is 10.3. The molecule has 1 aromatic heterocycles. The van der Waals surface area contributed by atoms with E-state index in [1.54, 1.807) is 0 Å². The van der Waals surface area contributed by atoms with Crippen molar-refractivity contribution < 1.29 is 9.53 Å². The van der Waals surface area contributed by atoms with Crippen LogP contribution in [0.1, 0.15) is 37.2 Å². The van der Waals surface area contributed by atoms with Crippen LogP contribution in [-0.2, 0) is 16.0 Å². The normalized spacial score (nSPS) is 20.0. The lowest BCUT2D eigenvalue weighted by Crippen LogP contribution is -2.46. The zero-order valence-corrected chi connectivity index (χ0v) is 18.5. The predicted molar refractivity (Wildman–Crippen MR) is 116 cm³/mol. The van der Waals surface area contributed by atoms with Gasteiger partial charge in [0, 0.05) is 42.5 Å². The van der Waals surface area contributed by atoms with E-state index in [0.29, 0.717) is 18.0 Å². The summed E-state index contributed by atoms with van der Waals surface area (Å²) in [5.41, 5.74) is 3.78. The summed E-state index contributed by atoms with van der Waals surface area (Å²) in [5, 5.41) is 8.35. The van der Waals surface area contributed by atoms with Crippen LogP contribution in [0.15, 0.2) is 24.3 Å². The molecule has 29 heavy (non-hydrogen) atoms. The highest BCUT2D eigenvalue weighted by Crippen LogP contribution is 2.20. The predicted octanol–water partition coefficient (Wildman–Crippen LogP) is 3.30. The molecule has 0 bridgehead atoms. The maximum atomic E-state index is 12.5. The molecule has 2 aromatic rings. The number of morpholine rings is 1. The lowest BCUT2D eigenvalue weighted by atomic mass is 10.1. The van der Waals surface area contributed by atoms with Crippen molar-refractivity contribution in [3.63, 3.8) is 0 Å². The van der Waals surface area contributed by atoms with Crippen LogP contribution in [0.25, 0.3) is 5.69 Å². The van der Waals surface area contributed by atoms with E-state index in [9.17, 15) is 4.79 Å². The molecule has 1 N–H and O–H groups in total. The van der Waals surface area contributed by atoms with Gasteiger partial charge in [-0.15, -0.1) is 0 Å². The first kappa shape index (κ1) is 21.8. The maximum absolute atomic E-state index is 12.5. The summed E-state index contributed by atoms with van der Waals surface area (Å²) in [6.07, 6.45) is 1.83. The molecular formula is C22H31ClN4O2. The first-order chi connectivity index (χ1) is 13.8. The van der Waals surface area contributed by atoms with E-state index in [-0.39, 0.29) is 18.1 Å². The van der Waals surface area contributed by atoms with Crippen LogP contribution in [0, 0.1) is 13.8 Å². The molecule has 7 heteroatoms. The molecule has 3 rings (SSSR count). The number of halogens is 1. The number of aromatic nitrogens is 2. The number of amides is 1. The Morgan fingerprint density at radius 2 is 1.86 bits per heavy atom. The summed E-state index contributed by atoms with van der Waals surface area (Å²) in [4.78, 5) is 14.9. The second-order valence-electron chi connectivity index (χ2n) is 7.93. The number of nitrogens with zero attached hydrogens (tertiary/aromatic N) is 3. The lowest BCUT2D eigenvalue weighted by molar-refractivity contribution is -0.120. The van der Waals surface area contributed by atoms with Crippen LogP contribution in [-0.4, -0.2) is 59.0 Å². The molecule has 0 radical (unpaired) electrons. The van der Waals surface area contributed by atoms with Gasteiger partial charge in [-0.2, -0.15) is 5.10 Å². The fourth-order valence-electron chi connectivity index (χ4n) is 3.98. The minimum absolute atomic E-state index is 0.0376. The van der Waals surface area contributed by atoms with Crippen molar-refractivity contribution in [2.24, 2.45) is 0 Å². The third kappa shape index (κ3) is 5.81. The van der Waals surface area contributed by atoms with E-state index in [2.05, 4.69) is 29.2 Å². The molecule has 1 aliphatic heterocycles. The Morgan fingerprint density at radius 3 is 2.52 bits per heavy atom.